The molecule has 1 aliphatic rings. The van der Waals surface area contributed by atoms with Crippen molar-refractivity contribution in [1.29, 1.82) is 0 Å². The Morgan fingerprint density at radius 2 is 2.00 bits per heavy atom. The van der Waals surface area contributed by atoms with Crippen molar-refractivity contribution in [2.45, 2.75) is 71.3 Å². The van der Waals surface area contributed by atoms with Crippen LogP contribution >= 0.6 is 0 Å². The Labute approximate surface area is 186 Å². The number of rotatable bonds is 10. The molecule has 0 saturated carbocycles. The van der Waals surface area contributed by atoms with Gasteiger partial charge in [0, 0.05) is 39.0 Å². The van der Waals surface area contributed by atoms with Gasteiger partial charge in [0.15, 0.2) is 5.96 Å². The Balaban J connectivity index is 1.42. The maximum Gasteiger partial charge on any atom is 0.191 e. The first-order chi connectivity index (χ1) is 15.2. The number of hydrogen-bond donors (Lipinski definition) is 2. The maximum atomic E-state index is 5.25. The summed E-state index contributed by atoms with van der Waals surface area (Å²) in [6.07, 6.45) is 7.79. The molecule has 2 heterocycles. The van der Waals surface area contributed by atoms with Gasteiger partial charge in [0.25, 0.3) is 0 Å². The first-order valence-corrected chi connectivity index (χ1v) is 11.8. The van der Waals surface area contributed by atoms with Gasteiger partial charge in [-0.1, -0.05) is 25.5 Å². The molecule has 1 atom stereocenters. The van der Waals surface area contributed by atoms with Crippen molar-refractivity contribution >= 4 is 5.96 Å². The zero-order chi connectivity index (χ0) is 21.9. The van der Waals surface area contributed by atoms with E-state index in [9.17, 15) is 0 Å². The molecule has 0 amide bonds. The molecular formula is C24H38N6O. The van der Waals surface area contributed by atoms with Gasteiger partial charge < -0.3 is 19.9 Å². The highest BCUT2D eigenvalue weighted by molar-refractivity contribution is 5.79. The topological polar surface area (TPSA) is 76.4 Å². The van der Waals surface area contributed by atoms with E-state index in [2.05, 4.69) is 51.4 Å². The van der Waals surface area contributed by atoms with Crippen LogP contribution in [-0.4, -0.2) is 47.5 Å². The summed E-state index contributed by atoms with van der Waals surface area (Å²) in [7, 11) is 1.70. The minimum absolute atomic E-state index is 0.476. The first kappa shape index (κ1) is 23.1. The molecule has 1 aromatic carbocycles. The van der Waals surface area contributed by atoms with Crippen molar-refractivity contribution in [3.63, 3.8) is 0 Å². The third kappa shape index (κ3) is 6.97. The van der Waals surface area contributed by atoms with Crippen LogP contribution in [0.25, 0.3) is 0 Å². The van der Waals surface area contributed by atoms with E-state index < -0.39 is 0 Å². The van der Waals surface area contributed by atoms with Gasteiger partial charge in [-0.05, 0) is 56.2 Å². The molecule has 1 aliphatic heterocycles. The molecule has 0 fully saturated rings. The van der Waals surface area contributed by atoms with Crippen molar-refractivity contribution in [3.05, 3.63) is 41.5 Å². The van der Waals surface area contributed by atoms with Gasteiger partial charge in [-0.2, -0.15) is 0 Å². The second-order valence-electron chi connectivity index (χ2n) is 8.25. The van der Waals surface area contributed by atoms with Gasteiger partial charge in [0.1, 0.15) is 17.4 Å². The molecule has 2 aromatic rings. The number of benzene rings is 1. The summed E-state index contributed by atoms with van der Waals surface area (Å²) in [4.78, 5) is 4.76. The highest BCUT2D eigenvalue weighted by Crippen LogP contribution is 2.21. The number of ether oxygens (including phenoxy) is 1. The molecular weight excluding hydrogens is 388 g/mol. The molecule has 2 N–H and O–H groups in total. The Morgan fingerprint density at radius 3 is 2.77 bits per heavy atom. The van der Waals surface area contributed by atoms with Gasteiger partial charge in [0.05, 0.1) is 7.11 Å². The molecule has 0 aliphatic carbocycles. The van der Waals surface area contributed by atoms with Crippen LogP contribution in [0, 0.1) is 0 Å². The normalized spacial score (nSPS) is 15.1. The highest BCUT2D eigenvalue weighted by atomic mass is 16.5. The fourth-order valence-corrected chi connectivity index (χ4v) is 4.01. The molecule has 7 heteroatoms. The van der Waals surface area contributed by atoms with Crippen molar-refractivity contribution in [2.75, 3.05) is 26.7 Å². The van der Waals surface area contributed by atoms with E-state index in [-0.39, 0.29) is 0 Å². The SMILES string of the molecule is CCNC(=NCCCc1nnc2n1CCCCC2)NCCC(C)c1ccc(OC)cc1. The molecule has 0 bridgehead atoms. The van der Waals surface area contributed by atoms with E-state index in [1.807, 2.05) is 12.1 Å². The molecule has 0 saturated heterocycles. The molecule has 0 radical (unpaired) electrons. The monoisotopic (exact) mass is 426 g/mol. The highest BCUT2D eigenvalue weighted by Gasteiger charge is 2.14. The Hall–Kier alpha value is -2.57. The van der Waals surface area contributed by atoms with Crippen LogP contribution < -0.4 is 15.4 Å². The smallest absolute Gasteiger partial charge is 0.191 e. The molecule has 3 rings (SSSR count). The Bertz CT molecular complexity index is 814. The van der Waals surface area contributed by atoms with E-state index in [4.69, 9.17) is 9.73 Å². The molecule has 1 unspecified atom stereocenters. The van der Waals surface area contributed by atoms with Crippen LogP contribution in [0.1, 0.15) is 69.1 Å². The summed E-state index contributed by atoms with van der Waals surface area (Å²) >= 11 is 0. The van der Waals surface area contributed by atoms with Crippen LogP contribution in [0.15, 0.2) is 29.3 Å². The van der Waals surface area contributed by atoms with Crippen LogP contribution in [0.3, 0.4) is 0 Å². The van der Waals surface area contributed by atoms with E-state index in [1.165, 1.54) is 24.8 Å². The Kier molecular flexibility index (Phi) is 9.18. The molecule has 0 spiro atoms. The predicted octanol–water partition coefficient (Wildman–Crippen LogP) is 3.69. The van der Waals surface area contributed by atoms with Crippen LogP contribution in [0.5, 0.6) is 5.75 Å². The number of fused-ring (bicyclic) bond motifs is 1. The maximum absolute atomic E-state index is 5.25. The van der Waals surface area contributed by atoms with E-state index >= 15 is 0 Å². The van der Waals surface area contributed by atoms with E-state index in [0.29, 0.717) is 5.92 Å². The number of methoxy groups -OCH3 is 1. The summed E-state index contributed by atoms with van der Waals surface area (Å²) in [6, 6.07) is 8.35. The number of aryl methyl sites for hydroxylation is 2. The van der Waals surface area contributed by atoms with Crippen LogP contribution in [-0.2, 0) is 19.4 Å². The average Bonchev–Trinajstić information content (AvgIpc) is 3.02. The average molecular weight is 427 g/mol. The lowest BCUT2D eigenvalue weighted by molar-refractivity contribution is 0.414. The molecule has 170 valence electrons. The van der Waals surface area contributed by atoms with Gasteiger partial charge in [0.2, 0.25) is 0 Å². The largest absolute Gasteiger partial charge is 0.497 e. The minimum Gasteiger partial charge on any atom is -0.497 e. The number of hydrogen-bond acceptors (Lipinski definition) is 4. The zero-order valence-electron chi connectivity index (χ0n) is 19.4. The summed E-state index contributed by atoms with van der Waals surface area (Å²) in [5, 5.41) is 15.7. The first-order valence-electron chi connectivity index (χ1n) is 11.8. The van der Waals surface area contributed by atoms with Crippen molar-refractivity contribution in [3.8, 4) is 5.75 Å². The number of aromatic nitrogens is 3. The number of aliphatic imine (C=N–C) groups is 1. The summed E-state index contributed by atoms with van der Waals surface area (Å²) in [6.45, 7) is 7.95. The number of nitrogens with zero attached hydrogens (tertiary/aromatic N) is 4. The fraction of sp³-hybridized carbons (Fsp3) is 0.625. The van der Waals surface area contributed by atoms with Crippen LogP contribution in [0.4, 0.5) is 0 Å². The summed E-state index contributed by atoms with van der Waals surface area (Å²) in [5.74, 6) is 4.56. The van der Waals surface area contributed by atoms with Gasteiger partial charge in [-0.25, -0.2) is 0 Å². The number of guanidine groups is 1. The van der Waals surface area contributed by atoms with Crippen molar-refractivity contribution in [2.24, 2.45) is 4.99 Å². The Morgan fingerprint density at radius 1 is 1.16 bits per heavy atom. The third-order valence-electron chi connectivity index (χ3n) is 5.91. The fourth-order valence-electron chi connectivity index (χ4n) is 4.01. The van der Waals surface area contributed by atoms with Gasteiger partial charge >= 0.3 is 0 Å². The quantitative estimate of drug-likeness (QED) is 0.344. The minimum atomic E-state index is 0.476. The third-order valence-corrected chi connectivity index (χ3v) is 5.91. The number of nitrogens with one attached hydrogen (secondary N) is 2. The van der Waals surface area contributed by atoms with Crippen molar-refractivity contribution in [1.82, 2.24) is 25.4 Å². The standard InChI is InChI=1S/C24H38N6O/c1-4-25-24(27-17-15-19(2)20-11-13-21(31-3)14-12-20)26-16-8-10-23-29-28-22-9-6-5-7-18-30(22)23/h11-14,19H,4-10,15-18H2,1-3H3,(H2,25,26,27). The van der Waals surface area contributed by atoms with E-state index in [0.717, 1.165) is 75.2 Å². The van der Waals surface area contributed by atoms with Gasteiger partial charge in [-0.3, -0.25) is 4.99 Å². The lowest BCUT2D eigenvalue weighted by atomic mass is 9.98. The summed E-state index contributed by atoms with van der Waals surface area (Å²) < 4.78 is 7.58. The van der Waals surface area contributed by atoms with Gasteiger partial charge in [-0.15, -0.1) is 10.2 Å². The molecule has 31 heavy (non-hydrogen) atoms. The molecule has 1 aromatic heterocycles. The zero-order valence-corrected chi connectivity index (χ0v) is 19.4. The predicted molar refractivity (Wildman–Crippen MR) is 126 cm³/mol. The second-order valence-corrected chi connectivity index (χ2v) is 8.25. The second kappa shape index (κ2) is 12.3. The van der Waals surface area contributed by atoms with Crippen molar-refractivity contribution < 1.29 is 4.74 Å². The summed E-state index contributed by atoms with van der Waals surface area (Å²) in [5.41, 5.74) is 1.33. The lowest BCUT2D eigenvalue weighted by Gasteiger charge is -2.15. The lowest BCUT2D eigenvalue weighted by Crippen LogP contribution is -2.38. The molecule has 7 nitrogen and oxygen atoms in total. The van der Waals surface area contributed by atoms with Crippen LogP contribution in [0.2, 0.25) is 0 Å². The van der Waals surface area contributed by atoms with E-state index in [1.54, 1.807) is 7.11 Å².